The number of nitrogens with zero attached hydrogens (tertiary/aromatic N) is 3. The van der Waals surface area contributed by atoms with Gasteiger partial charge in [0.15, 0.2) is 5.82 Å². The van der Waals surface area contributed by atoms with Gasteiger partial charge in [-0.05, 0) is 31.4 Å². The average molecular weight is 247 g/mol. The van der Waals surface area contributed by atoms with Gasteiger partial charge in [0, 0.05) is 19.3 Å². The molecule has 0 amide bonds. The first-order valence-corrected chi connectivity index (χ1v) is 6.72. The van der Waals surface area contributed by atoms with E-state index >= 15 is 0 Å². The number of hydrogen-bond acceptors (Lipinski definition) is 4. The van der Waals surface area contributed by atoms with Crippen molar-refractivity contribution in [2.75, 3.05) is 18.0 Å². The Balaban J connectivity index is 2.06. The normalized spacial score (nSPS) is 20.6. The number of aromatic nitrogens is 2. The van der Waals surface area contributed by atoms with E-state index < -0.39 is 0 Å². The Hall–Kier alpha value is -1.42. The number of aliphatic hydroxyl groups is 1. The van der Waals surface area contributed by atoms with E-state index in [0.717, 1.165) is 43.9 Å². The van der Waals surface area contributed by atoms with Crippen molar-refractivity contribution in [1.29, 1.82) is 0 Å². The largest absolute Gasteiger partial charge is 0.391 e. The molecule has 98 valence electrons. The minimum Gasteiger partial charge on any atom is -0.391 e. The van der Waals surface area contributed by atoms with E-state index in [2.05, 4.69) is 27.9 Å². The number of unbranched alkanes of at least 4 members (excludes halogenated alkanes) is 1. The van der Waals surface area contributed by atoms with Gasteiger partial charge in [0.25, 0.3) is 0 Å². The lowest BCUT2D eigenvalue weighted by atomic mass is 10.1. The van der Waals surface area contributed by atoms with E-state index in [1.54, 1.807) is 6.20 Å². The third-order valence-electron chi connectivity index (χ3n) is 3.10. The van der Waals surface area contributed by atoms with Crippen molar-refractivity contribution in [2.24, 2.45) is 0 Å². The maximum absolute atomic E-state index is 9.68. The van der Waals surface area contributed by atoms with Crippen LogP contribution in [0.5, 0.6) is 0 Å². The zero-order valence-corrected chi connectivity index (χ0v) is 10.9. The summed E-state index contributed by atoms with van der Waals surface area (Å²) in [7, 11) is 0. The van der Waals surface area contributed by atoms with Crippen LogP contribution in [-0.2, 0) is 0 Å². The van der Waals surface area contributed by atoms with Crippen LogP contribution in [0.1, 0.15) is 38.4 Å². The molecule has 0 unspecified atom stereocenters. The Bertz CT molecular complexity index is 406. The number of rotatable bonds is 4. The lowest BCUT2D eigenvalue weighted by Gasteiger charge is -2.30. The highest BCUT2D eigenvalue weighted by molar-refractivity contribution is 5.46. The van der Waals surface area contributed by atoms with Crippen LogP contribution in [0, 0.1) is 0 Å². The van der Waals surface area contributed by atoms with Gasteiger partial charge in [-0.1, -0.05) is 19.4 Å². The number of anilines is 1. The Morgan fingerprint density at radius 3 is 3.22 bits per heavy atom. The fraction of sp³-hybridized carbons (Fsp3) is 0.571. The van der Waals surface area contributed by atoms with E-state index in [0.29, 0.717) is 6.54 Å². The number of piperidine rings is 1. The monoisotopic (exact) mass is 247 g/mol. The molecule has 1 atom stereocenters. The van der Waals surface area contributed by atoms with Crippen LogP contribution in [0.25, 0.3) is 6.08 Å². The van der Waals surface area contributed by atoms with Crippen molar-refractivity contribution in [1.82, 2.24) is 9.97 Å². The first kappa shape index (κ1) is 13.0. The van der Waals surface area contributed by atoms with Crippen molar-refractivity contribution in [3.8, 4) is 0 Å². The first-order chi connectivity index (χ1) is 8.79. The Labute approximate surface area is 108 Å². The molecule has 1 aromatic heterocycles. The second-order valence-electron chi connectivity index (χ2n) is 4.71. The van der Waals surface area contributed by atoms with E-state index in [1.165, 1.54) is 0 Å². The van der Waals surface area contributed by atoms with Crippen molar-refractivity contribution >= 4 is 11.9 Å². The summed E-state index contributed by atoms with van der Waals surface area (Å²) in [6, 6.07) is 1.91. The molecule has 0 aromatic carbocycles. The highest BCUT2D eigenvalue weighted by Gasteiger charge is 2.18. The van der Waals surface area contributed by atoms with Gasteiger partial charge in [-0.15, -0.1) is 0 Å². The molecule has 4 nitrogen and oxygen atoms in total. The van der Waals surface area contributed by atoms with Gasteiger partial charge in [0.05, 0.1) is 6.10 Å². The topological polar surface area (TPSA) is 49.2 Å². The fourth-order valence-electron chi connectivity index (χ4n) is 2.14. The van der Waals surface area contributed by atoms with Crippen LogP contribution in [0.3, 0.4) is 0 Å². The summed E-state index contributed by atoms with van der Waals surface area (Å²) in [6.07, 6.45) is 9.72. The first-order valence-electron chi connectivity index (χ1n) is 6.72. The van der Waals surface area contributed by atoms with Gasteiger partial charge in [0.2, 0.25) is 0 Å². The minimum absolute atomic E-state index is 0.229. The molecule has 1 N–H and O–H groups in total. The van der Waals surface area contributed by atoms with Crippen LogP contribution >= 0.6 is 0 Å². The molecule has 1 aliphatic rings. The molecule has 4 heteroatoms. The lowest BCUT2D eigenvalue weighted by molar-refractivity contribution is 0.154. The average Bonchev–Trinajstić information content (AvgIpc) is 2.39. The minimum atomic E-state index is -0.229. The Morgan fingerprint density at radius 1 is 1.56 bits per heavy atom. The predicted molar refractivity (Wildman–Crippen MR) is 73.4 cm³/mol. The zero-order chi connectivity index (χ0) is 12.8. The molecule has 1 aromatic rings. The highest BCUT2D eigenvalue weighted by atomic mass is 16.3. The highest BCUT2D eigenvalue weighted by Crippen LogP contribution is 2.17. The van der Waals surface area contributed by atoms with Gasteiger partial charge < -0.3 is 10.0 Å². The summed E-state index contributed by atoms with van der Waals surface area (Å²) in [5, 5.41) is 9.68. The molecule has 2 rings (SSSR count). The van der Waals surface area contributed by atoms with Crippen LogP contribution < -0.4 is 4.90 Å². The van der Waals surface area contributed by atoms with Crippen LogP contribution in [0.4, 0.5) is 5.82 Å². The number of aliphatic hydroxyl groups excluding tert-OH is 1. The summed E-state index contributed by atoms with van der Waals surface area (Å²) in [5.41, 5.74) is 0. The SMILES string of the molecule is CCC/C=C/c1nccc(N2CCC[C@H](O)C2)n1. The van der Waals surface area contributed by atoms with Gasteiger partial charge >= 0.3 is 0 Å². The number of allylic oxidation sites excluding steroid dienone is 1. The van der Waals surface area contributed by atoms with Gasteiger partial charge in [-0.25, -0.2) is 9.97 Å². The summed E-state index contributed by atoms with van der Waals surface area (Å²) < 4.78 is 0. The van der Waals surface area contributed by atoms with E-state index in [9.17, 15) is 5.11 Å². The van der Waals surface area contributed by atoms with Crippen molar-refractivity contribution in [2.45, 2.75) is 38.7 Å². The molecule has 2 heterocycles. The molecule has 0 bridgehead atoms. The van der Waals surface area contributed by atoms with Crippen LogP contribution in [-0.4, -0.2) is 34.3 Å². The molecule has 0 saturated carbocycles. The summed E-state index contributed by atoms with van der Waals surface area (Å²) in [5.74, 6) is 1.67. The van der Waals surface area contributed by atoms with Crippen molar-refractivity contribution in [3.05, 3.63) is 24.2 Å². The molecule has 1 aliphatic heterocycles. The Kier molecular flexibility index (Phi) is 4.70. The molecule has 1 fully saturated rings. The second-order valence-corrected chi connectivity index (χ2v) is 4.71. The van der Waals surface area contributed by atoms with Crippen molar-refractivity contribution in [3.63, 3.8) is 0 Å². The molecule has 0 aliphatic carbocycles. The lowest BCUT2D eigenvalue weighted by Crippen LogP contribution is -2.38. The standard InChI is InChI=1S/C14H21N3O/c1-2-3-4-7-13-15-9-8-14(16-13)17-10-5-6-12(18)11-17/h4,7-9,12,18H,2-3,5-6,10-11H2,1H3/b7-4+/t12-/m0/s1. The molecule has 0 spiro atoms. The van der Waals surface area contributed by atoms with Crippen LogP contribution in [0.15, 0.2) is 18.3 Å². The maximum Gasteiger partial charge on any atom is 0.153 e. The second kappa shape index (κ2) is 6.50. The third-order valence-corrected chi connectivity index (χ3v) is 3.10. The van der Waals surface area contributed by atoms with Crippen LogP contribution in [0.2, 0.25) is 0 Å². The maximum atomic E-state index is 9.68. The zero-order valence-electron chi connectivity index (χ0n) is 10.9. The van der Waals surface area contributed by atoms with E-state index in [1.807, 2.05) is 12.1 Å². The third kappa shape index (κ3) is 3.53. The molecular weight excluding hydrogens is 226 g/mol. The predicted octanol–water partition coefficient (Wildman–Crippen LogP) is 2.25. The van der Waals surface area contributed by atoms with E-state index in [-0.39, 0.29) is 6.10 Å². The smallest absolute Gasteiger partial charge is 0.153 e. The van der Waals surface area contributed by atoms with E-state index in [4.69, 9.17) is 0 Å². The Morgan fingerprint density at radius 2 is 2.44 bits per heavy atom. The van der Waals surface area contributed by atoms with Gasteiger partial charge in [-0.2, -0.15) is 0 Å². The summed E-state index contributed by atoms with van der Waals surface area (Å²) in [4.78, 5) is 10.9. The molecule has 1 saturated heterocycles. The van der Waals surface area contributed by atoms with Crippen molar-refractivity contribution < 1.29 is 5.11 Å². The number of hydrogen-bond donors (Lipinski definition) is 1. The quantitative estimate of drug-likeness (QED) is 0.886. The fourth-order valence-corrected chi connectivity index (χ4v) is 2.14. The summed E-state index contributed by atoms with van der Waals surface area (Å²) in [6.45, 7) is 3.79. The van der Waals surface area contributed by atoms with Gasteiger partial charge in [-0.3, -0.25) is 0 Å². The number of β-amino-alcohol motifs (C(OH)–C–C–N with tert-alkyl or cyclic N) is 1. The van der Waals surface area contributed by atoms with Gasteiger partial charge in [0.1, 0.15) is 5.82 Å². The molecule has 18 heavy (non-hydrogen) atoms. The molecular formula is C14H21N3O. The summed E-state index contributed by atoms with van der Waals surface area (Å²) >= 11 is 0. The molecule has 0 radical (unpaired) electrons.